The monoisotopic (exact) mass is 234 g/mol. The van der Waals surface area contributed by atoms with E-state index in [9.17, 15) is 5.11 Å². The highest BCUT2D eigenvalue weighted by Crippen LogP contribution is 2.41. The van der Waals surface area contributed by atoms with Crippen LogP contribution < -0.4 is 4.74 Å². The average Bonchev–Trinajstić information content (AvgIpc) is 2.27. The van der Waals surface area contributed by atoms with Crippen LogP contribution in [0.25, 0.3) is 0 Å². The lowest BCUT2D eigenvalue weighted by atomic mass is 9.82. The fourth-order valence-electron chi connectivity index (χ4n) is 2.31. The van der Waals surface area contributed by atoms with Crippen LogP contribution in [0.1, 0.15) is 56.9 Å². The molecular weight excluding hydrogens is 212 g/mol. The fraction of sp³-hybridized carbons (Fsp3) is 0.600. The highest BCUT2D eigenvalue weighted by molar-refractivity contribution is 5.49. The van der Waals surface area contributed by atoms with E-state index in [2.05, 4.69) is 39.8 Å². The van der Waals surface area contributed by atoms with Gasteiger partial charge in [0, 0.05) is 17.5 Å². The summed E-state index contributed by atoms with van der Waals surface area (Å²) in [5, 5.41) is 10.1. The van der Waals surface area contributed by atoms with Crippen LogP contribution >= 0.6 is 0 Å². The van der Waals surface area contributed by atoms with E-state index >= 15 is 0 Å². The Morgan fingerprint density at radius 1 is 1.35 bits per heavy atom. The van der Waals surface area contributed by atoms with Crippen molar-refractivity contribution >= 4 is 0 Å². The van der Waals surface area contributed by atoms with E-state index in [4.69, 9.17) is 4.74 Å². The van der Waals surface area contributed by atoms with Crippen LogP contribution in [0.2, 0.25) is 0 Å². The molecule has 0 saturated carbocycles. The highest BCUT2D eigenvalue weighted by Gasteiger charge is 2.27. The SMILES string of the molecule is CCc1cc2c(c(C(C)(C)C)c1)OCC[C@@H]2O. The molecule has 1 atom stereocenters. The van der Waals surface area contributed by atoms with Crippen molar-refractivity contribution in [2.75, 3.05) is 6.61 Å². The van der Waals surface area contributed by atoms with Crippen LogP contribution in [-0.4, -0.2) is 11.7 Å². The number of hydrogen-bond acceptors (Lipinski definition) is 2. The molecule has 1 aromatic rings. The lowest BCUT2D eigenvalue weighted by Crippen LogP contribution is -2.21. The van der Waals surface area contributed by atoms with Crippen molar-refractivity contribution < 1.29 is 9.84 Å². The van der Waals surface area contributed by atoms with Gasteiger partial charge in [-0.3, -0.25) is 0 Å². The van der Waals surface area contributed by atoms with E-state index in [1.165, 1.54) is 11.1 Å². The Kier molecular flexibility index (Phi) is 3.17. The van der Waals surface area contributed by atoms with Crippen LogP contribution in [-0.2, 0) is 11.8 Å². The van der Waals surface area contributed by atoms with Gasteiger partial charge in [-0.1, -0.05) is 33.8 Å². The van der Waals surface area contributed by atoms with Crippen LogP contribution in [0, 0.1) is 0 Å². The summed E-state index contributed by atoms with van der Waals surface area (Å²) < 4.78 is 5.79. The first-order chi connectivity index (χ1) is 7.93. The summed E-state index contributed by atoms with van der Waals surface area (Å²) in [7, 11) is 0. The van der Waals surface area contributed by atoms with Crippen molar-refractivity contribution in [3.8, 4) is 5.75 Å². The Hall–Kier alpha value is -1.02. The topological polar surface area (TPSA) is 29.5 Å². The van der Waals surface area contributed by atoms with E-state index in [0.717, 1.165) is 17.7 Å². The second-order valence-electron chi connectivity index (χ2n) is 5.82. The first kappa shape index (κ1) is 12.4. The van der Waals surface area contributed by atoms with E-state index in [-0.39, 0.29) is 11.5 Å². The molecule has 0 saturated heterocycles. The maximum Gasteiger partial charge on any atom is 0.128 e. The quantitative estimate of drug-likeness (QED) is 0.807. The molecule has 0 spiro atoms. The minimum atomic E-state index is -0.369. The van der Waals surface area contributed by atoms with E-state index in [1.54, 1.807) is 0 Å². The molecule has 0 bridgehead atoms. The molecule has 0 amide bonds. The minimum Gasteiger partial charge on any atom is -0.493 e. The molecule has 0 aromatic heterocycles. The number of rotatable bonds is 1. The number of aliphatic hydroxyl groups is 1. The average molecular weight is 234 g/mol. The molecule has 0 radical (unpaired) electrons. The first-order valence-corrected chi connectivity index (χ1v) is 6.41. The van der Waals surface area contributed by atoms with Gasteiger partial charge in [0.2, 0.25) is 0 Å². The molecule has 1 aliphatic heterocycles. The molecule has 0 unspecified atom stereocenters. The Labute approximate surface area is 104 Å². The molecule has 2 heteroatoms. The van der Waals surface area contributed by atoms with Crippen molar-refractivity contribution in [3.05, 3.63) is 28.8 Å². The van der Waals surface area contributed by atoms with Crippen molar-refractivity contribution in [1.29, 1.82) is 0 Å². The zero-order valence-electron chi connectivity index (χ0n) is 11.2. The van der Waals surface area contributed by atoms with E-state index in [1.807, 2.05) is 0 Å². The third kappa shape index (κ3) is 2.32. The fourth-order valence-corrected chi connectivity index (χ4v) is 2.31. The molecule has 0 fully saturated rings. The molecule has 1 heterocycles. The Bertz CT molecular complexity index is 416. The molecule has 2 rings (SSSR count). The van der Waals surface area contributed by atoms with Crippen molar-refractivity contribution in [2.45, 2.75) is 52.1 Å². The molecule has 17 heavy (non-hydrogen) atoms. The van der Waals surface area contributed by atoms with Gasteiger partial charge in [0.15, 0.2) is 0 Å². The summed E-state index contributed by atoms with van der Waals surface area (Å²) >= 11 is 0. The summed E-state index contributed by atoms with van der Waals surface area (Å²) in [6, 6.07) is 4.31. The summed E-state index contributed by atoms with van der Waals surface area (Å²) in [6.45, 7) is 9.32. The molecule has 1 aromatic carbocycles. The maximum absolute atomic E-state index is 10.1. The predicted octanol–water partition coefficient (Wildman–Crippen LogP) is 3.36. The van der Waals surface area contributed by atoms with Crippen molar-refractivity contribution in [3.63, 3.8) is 0 Å². The normalized spacial score (nSPS) is 19.7. The predicted molar refractivity (Wildman–Crippen MR) is 69.6 cm³/mol. The second-order valence-corrected chi connectivity index (χ2v) is 5.82. The largest absolute Gasteiger partial charge is 0.493 e. The van der Waals surface area contributed by atoms with Gasteiger partial charge in [0.1, 0.15) is 5.75 Å². The molecule has 0 aliphatic carbocycles. The molecule has 1 N–H and O–H groups in total. The van der Waals surface area contributed by atoms with Gasteiger partial charge in [-0.05, 0) is 23.5 Å². The molecule has 94 valence electrons. The Morgan fingerprint density at radius 3 is 2.65 bits per heavy atom. The molecule has 2 nitrogen and oxygen atoms in total. The number of ether oxygens (including phenoxy) is 1. The van der Waals surface area contributed by atoms with Gasteiger partial charge >= 0.3 is 0 Å². The third-order valence-electron chi connectivity index (χ3n) is 3.39. The van der Waals surface area contributed by atoms with Gasteiger partial charge < -0.3 is 9.84 Å². The second kappa shape index (κ2) is 4.34. The van der Waals surface area contributed by atoms with Crippen molar-refractivity contribution in [1.82, 2.24) is 0 Å². The Morgan fingerprint density at radius 2 is 2.06 bits per heavy atom. The first-order valence-electron chi connectivity index (χ1n) is 6.41. The maximum atomic E-state index is 10.1. The van der Waals surface area contributed by atoms with Gasteiger partial charge in [-0.2, -0.15) is 0 Å². The van der Waals surface area contributed by atoms with Gasteiger partial charge in [0.05, 0.1) is 12.7 Å². The third-order valence-corrected chi connectivity index (χ3v) is 3.39. The van der Waals surface area contributed by atoms with E-state index in [0.29, 0.717) is 13.0 Å². The zero-order chi connectivity index (χ0) is 12.6. The molecule has 1 aliphatic rings. The number of aliphatic hydroxyl groups excluding tert-OH is 1. The zero-order valence-corrected chi connectivity index (χ0v) is 11.2. The van der Waals surface area contributed by atoms with Crippen LogP contribution in [0.4, 0.5) is 0 Å². The standard InChI is InChI=1S/C15H22O2/c1-5-10-8-11-13(16)6-7-17-14(11)12(9-10)15(2,3)4/h8-9,13,16H,5-7H2,1-4H3/t13-/m0/s1. The summed E-state index contributed by atoms with van der Waals surface area (Å²) in [5.41, 5.74) is 3.51. The van der Waals surface area contributed by atoms with Crippen LogP contribution in [0.3, 0.4) is 0 Å². The van der Waals surface area contributed by atoms with E-state index < -0.39 is 0 Å². The van der Waals surface area contributed by atoms with Gasteiger partial charge in [-0.25, -0.2) is 0 Å². The van der Waals surface area contributed by atoms with Crippen LogP contribution in [0.5, 0.6) is 5.75 Å². The Balaban J connectivity index is 2.62. The number of aryl methyl sites for hydroxylation is 1. The highest BCUT2D eigenvalue weighted by atomic mass is 16.5. The smallest absolute Gasteiger partial charge is 0.128 e. The van der Waals surface area contributed by atoms with Crippen molar-refractivity contribution in [2.24, 2.45) is 0 Å². The lowest BCUT2D eigenvalue weighted by Gasteiger charge is -2.30. The minimum absolute atomic E-state index is 0.0479. The van der Waals surface area contributed by atoms with Crippen LogP contribution in [0.15, 0.2) is 12.1 Å². The molecular formula is C15H22O2. The number of benzene rings is 1. The summed E-state index contributed by atoms with van der Waals surface area (Å²) in [4.78, 5) is 0. The number of hydrogen-bond donors (Lipinski definition) is 1. The lowest BCUT2D eigenvalue weighted by molar-refractivity contribution is 0.113. The van der Waals surface area contributed by atoms with Gasteiger partial charge in [0.25, 0.3) is 0 Å². The summed E-state index contributed by atoms with van der Waals surface area (Å²) in [5.74, 6) is 0.911. The summed E-state index contributed by atoms with van der Waals surface area (Å²) in [6.07, 6.45) is 1.32. The van der Waals surface area contributed by atoms with Gasteiger partial charge in [-0.15, -0.1) is 0 Å². The number of fused-ring (bicyclic) bond motifs is 1.